The van der Waals surface area contributed by atoms with Gasteiger partial charge in [-0.3, -0.25) is 0 Å². The van der Waals surface area contributed by atoms with Crippen molar-refractivity contribution in [3.05, 3.63) is 33.8 Å². The molecular weight excluding hydrogens is 222 g/mol. The van der Waals surface area contributed by atoms with Gasteiger partial charge in [0.15, 0.2) is 0 Å². The Morgan fingerprint density at radius 3 is 2.62 bits per heavy atom. The lowest BCUT2D eigenvalue weighted by molar-refractivity contribution is 0.190. The first kappa shape index (κ1) is 11.9. The van der Waals surface area contributed by atoms with Gasteiger partial charge in [0.05, 0.1) is 6.61 Å². The van der Waals surface area contributed by atoms with Crippen LogP contribution >= 0.6 is 11.6 Å². The number of rotatable bonds is 3. The minimum Gasteiger partial charge on any atom is -0.380 e. The molecule has 0 amide bonds. The highest BCUT2D eigenvalue weighted by atomic mass is 35.5. The molecule has 1 heterocycles. The third kappa shape index (κ3) is 2.76. The van der Waals surface area contributed by atoms with Crippen molar-refractivity contribution in [2.24, 2.45) is 0 Å². The Morgan fingerprint density at radius 1 is 1.38 bits per heavy atom. The van der Waals surface area contributed by atoms with Gasteiger partial charge in [-0.25, -0.2) is 0 Å². The topological polar surface area (TPSA) is 21.3 Å². The number of benzene rings is 1. The quantitative estimate of drug-likeness (QED) is 0.876. The fourth-order valence-corrected chi connectivity index (χ4v) is 2.49. The molecule has 2 rings (SSSR count). The van der Waals surface area contributed by atoms with E-state index in [4.69, 9.17) is 16.3 Å². The zero-order valence-corrected chi connectivity index (χ0v) is 10.6. The van der Waals surface area contributed by atoms with Crippen LogP contribution in [0, 0.1) is 13.8 Å². The van der Waals surface area contributed by atoms with Gasteiger partial charge in [0, 0.05) is 24.2 Å². The fraction of sp³-hybridized carbons (Fsp3) is 0.538. The first-order valence-electron chi connectivity index (χ1n) is 5.73. The minimum absolute atomic E-state index is 0.509. The zero-order chi connectivity index (χ0) is 11.5. The van der Waals surface area contributed by atoms with Crippen LogP contribution < -0.4 is 5.32 Å². The molecule has 1 saturated heterocycles. The molecule has 0 saturated carbocycles. The maximum atomic E-state index is 6.01. The van der Waals surface area contributed by atoms with Crippen molar-refractivity contribution in [2.45, 2.75) is 32.9 Å². The molecule has 0 spiro atoms. The Labute approximate surface area is 102 Å². The second-order valence-corrected chi connectivity index (χ2v) is 4.90. The van der Waals surface area contributed by atoms with E-state index >= 15 is 0 Å². The standard InChI is InChI=1S/C13H18ClNO/c1-9-5-11(14)6-10(2)13(9)7-15-12-3-4-16-8-12/h5-6,12,15H,3-4,7-8H2,1-2H3. The summed E-state index contributed by atoms with van der Waals surface area (Å²) in [6.45, 7) is 6.85. The van der Waals surface area contributed by atoms with Crippen LogP contribution in [0.15, 0.2) is 12.1 Å². The van der Waals surface area contributed by atoms with Crippen molar-refractivity contribution in [1.82, 2.24) is 5.32 Å². The summed E-state index contributed by atoms with van der Waals surface area (Å²) in [5.74, 6) is 0. The van der Waals surface area contributed by atoms with E-state index in [1.165, 1.54) is 16.7 Å². The lowest BCUT2D eigenvalue weighted by Crippen LogP contribution is -2.29. The summed E-state index contributed by atoms with van der Waals surface area (Å²) in [5.41, 5.74) is 3.88. The van der Waals surface area contributed by atoms with Gasteiger partial charge in [-0.15, -0.1) is 0 Å². The minimum atomic E-state index is 0.509. The SMILES string of the molecule is Cc1cc(Cl)cc(C)c1CNC1CCOC1. The average Bonchev–Trinajstić information content (AvgIpc) is 2.68. The molecule has 1 aromatic carbocycles. The maximum Gasteiger partial charge on any atom is 0.0620 e. The molecule has 1 N–H and O–H groups in total. The summed E-state index contributed by atoms with van der Waals surface area (Å²) in [7, 11) is 0. The van der Waals surface area contributed by atoms with E-state index in [0.717, 1.165) is 31.2 Å². The monoisotopic (exact) mass is 239 g/mol. The molecule has 3 heteroatoms. The Bertz CT molecular complexity index is 349. The smallest absolute Gasteiger partial charge is 0.0620 e. The predicted molar refractivity (Wildman–Crippen MR) is 67.0 cm³/mol. The second-order valence-electron chi connectivity index (χ2n) is 4.46. The van der Waals surface area contributed by atoms with E-state index in [9.17, 15) is 0 Å². The Morgan fingerprint density at radius 2 is 2.06 bits per heavy atom. The zero-order valence-electron chi connectivity index (χ0n) is 9.85. The average molecular weight is 240 g/mol. The van der Waals surface area contributed by atoms with Crippen molar-refractivity contribution >= 4 is 11.6 Å². The highest BCUT2D eigenvalue weighted by Gasteiger charge is 2.15. The number of nitrogens with one attached hydrogen (secondary N) is 1. The lowest BCUT2D eigenvalue weighted by atomic mass is 10.0. The molecule has 0 radical (unpaired) electrons. The van der Waals surface area contributed by atoms with E-state index in [0.29, 0.717) is 6.04 Å². The highest BCUT2D eigenvalue weighted by molar-refractivity contribution is 6.30. The molecule has 1 aliphatic rings. The summed E-state index contributed by atoms with van der Waals surface area (Å²) in [6.07, 6.45) is 1.12. The van der Waals surface area contributed by atoms with Crippen LogP contribution in [-0.4, -0.2) is 19.3 Å². The van der Waals surface area contributed by atoms with Crippen LogP contribution in [0.4, 0.5) is 0 Å². The van der Waals surface area contributed by atoms with E-state index in [2.05, 4.69) is 19.2 Å². The molecule has 1 aromatic rings. The van der Waals surface area contributed by atoms with Crippen LogP contribution in [0.25, 0.3) is 0 Å². The summed E-state index contributed by atoms with van der Waals surface area (Å²) < 4.78 is 5.34. The largest absolute Gasteiger partial charge is 0.380 e. The number of aryl methyl sites for hydroxylation is 2. The van der Waals surface area contributed by atoms with Crippen LogP contribution in [0.1, 0.15) is 23.1 Å². The molecule has 1 atom stereocenters. The van der Waals surface area contributed by atoms with E-state index in [1.54, 1.807) is 0 Å². The molecule has 88 valence electrons. The van der Waals surface area contributed by atoms with Crippen LogP contribution in [0.3, 0.4) is 0 Å². The molecule has 0 aliphatic carbocycles. The second kappa shape index (κ2) is 5.17. The summed E-state index contributed by atoms with van der Waals surface area (Å²) in [5, 5.41) is 4.35. The van der Waals surface area contributed by atoms with Gasteiger partial charge in [-0.2, -0.15) is 0 Å². The first-order chi connectivity index (χ1) is 7.66. The molecule has 0 aromatic heterocycles. The van der Waals surface area contributed by atoms with Crippen molar-refractivity contribution in [3.8, 4) is 0 Å². The molecule has 0 bridgehead atoms. The normalized spacial score (nSPS) is 20.3. The highest BCUT2D eigenvalue weighted by Crippen LogP contribution is 2.20. The van der Waals surface area contributed by atoms with Crippen molar-refractivity contribution in [1.29, 1.82) is 0 Å². The van der Waals surface area contributed by atoms with Crippen molar-refractivity contribution in [3.63, 3.8) is 0 Å². The van der Waals surface area contributed by atoms with E-state index < -0.39 is 0 Å². The molecular formula is C13H18ClNO. The first-order valence-corrected chi connectivity index (χ1v) is 6.11. The van der Waals surface area contributed by atoms with Crippen LogP contribution in [0.5, 0.6) is 0 Å². The van der Waals surface area contributed by atoms with Crippen molar-refractivity contribution in [2.75, 3.05) is 13.2 Å². The lowest BCUT2D eigenvalue weighted by Gasteiger charge is -2.14. The van der Waals surface area contributed by atoms with Gasteiger partial charge in [0.2, 0.25) is 0 Å². The van der Waals surface area contributed by atoms with Gasteiger partial charge in [0.25, 0.3) is 0 Å². The summed E-state index contributed by atoms with van der Waals surface area (Å²) >= 11 is 6.01. The predicted octanol–water partition coefficient (Wildman–Crippen LogP) is 2.84. The Balaban J connectivity index is 2.03. The van der Waals surface area contributed by atoms with Gasteiger partial charge in [-0.1, -0.05) is 11.6 Å². The fourth-order valence-electron chi connectivity index (χ4n) is 2.16. The number of ether oxygens (including phenoxy) is 1. The molecule has 16 heavy (non-hydrogen) atoms. The van der Waals surface area contributed by atoms with E-state index in [-0.39, 0.29) is 0 Å². The molecule has 1 fully saturated rings. The number of hydrogen-bond donors (Lipinski definition) is 1. The number of halogens is 1. The van der Waals surface area contributed by atoms with Crippen LogP contribution in [-0.2, 0) is 11.3 Å². The Kier molecular flexibility index (Phi) is 3.85. The van der Waals surface area contributed by atoms with Gasteiger partial charge >= 0.3 is 0 Å². The van der Waals surface area contributed by atoms with E-state index in [1.807, 2.05) is 12.1 Å². The summed E-state index contributed by atoms with van der Waals surface area (Å²) in [4.78, 5) is 0. The maximum absolute atomic E-state index is 6.01. The third-order valence-electron chi connectivity index (χ3n) is 3.16. The Hall–Kier alpha value is -0.570. The molecule has 2 nitrogen and oxygen atoms in total. The third-order valence-corrected chi connectivity index (χ3v) is 3.38. The number of hydrogen-bond acceptors (Lipinski definition) is 2. The van der Waals surface area contributed by atoms with Crippen molar-refractivity contribution < 1.29 is 4.74 Å². The van der Waals surface area contributed by atoms with Gasteiger partial charge < -0.3 is 10.1 Å². The van der Waals surface area contributed by atoms with Gasteiger partial charge in [0.1, 0.15) is 0 Å². The van der Waals surface area contributed by atoms with Gasteiger partial charge in [-0.05, 0) is 49.1 Å². The molecule has 1 aliphatic heterocycles. The molecule has 1 unspecified atom stereocenters. The van der Waals surface area contributed by atoms with Crippen LogP contribution in [0.2, 0.25) is 5.02 Å². The summed E-state index contributed by atoms with van der Waals surface area (Å²) in [6, 6.07) is 4.56.